The smallest absolute Gasteiger partial charge is 0.262 e. The molecule has 20 heavy (non-hydrogen) atoms. The van der Waals surface area contributed by atoms with E-state index in [-0.39, 0.29) is 29.8 Å². The Morgan fingerprint density at radius 1 is 1.05 bits per heavy atom. The Labute approximate surface area is 117 Å². The highest BCUT2D eigenvalue weighted by Crippen LogP contribution is 2.28. The van der Waals surface area contributed by atoms with E-state index in [1.54, 1.807) is 12.1 Å². The molecule has 5 nitrogen and oxygen atoms in total. The van der Waals surface area contributed by atoms with Crippen molar-refractivity contribution in [2.75, 3.05) is 0 Å². The quantitative estimate of drug-likeness (QED) is 0.439. The van der Waals surface area contributed by atoms with Crippen molar-refractivity contribution in [2.45, 2.75) is 31.7 Å². The predicted molar refractivity (Wildman–Crippen MR) is 69.2 cm³/mol. The summed E-state index contributed by atoms with van der Waals surface area (Å²) in [5.74, 6) is -2.19. The van der Waals surface area contributed by atoms with E-state index in [2.05, 4.69) is 0 Å². The lowest BCUT2D eigenvalue weighted by Gasteiger charge is -2.23. The number of benzene rings is 1. The van der Waals surface area contributed by atoms with Crippen molar-refractivity contribution in [3.05, 3.63) is 35.4 Å². The van der Waals surface area contributed by atoms with Crippen LogP contribution in [-0.4, -0.2) is 34.3 Å². The molecule has 1 atom stereocenters. The molecule has 0 spiro atoms. The average Bonchev–Trinajstić information content (AvgIpc) is 2.63. The van der Waals surface area contributed by atoms with Crippen LogP contribution in [0.15, 0.2) is 24.3 Å². The first-order valence-electron chi connectivity index (χ1n) is 6.98. The van der Waals surface area contributed by atoms with Gasteiger partial charge in [0.2, 0.25) is 0 Å². The summed E-state index contributed by atoms with van der Waals surface area (Å²) in [4.78, 5) is 49.2. The van der Waals surface area contributed by atoms with Crippen LogP contribution in [0.4, 0.5) is 0 Å². The molecule has 1 saturated carbocycles. The third-order valence-corrected chi connectivity index (χ3v) is 3.61. The molecule has 1 aromatic carbocycles. The largest absolute Gasteiger partial charge is 0.299 e. The molecule has 1 aliphatic heterocycles. The van der Waals surface area contributed by atoms with E-state index in [0.29, 0.717) is 6.42 Å². The van der Waals surface area contributed by atoms with Crippen LogP contribution in [0.25, 0.3) is 0 Å². The van der Waals surface area contributed by atoms with E-state index >= 15 is 0 Å². The summed E-state index contributed by atoms with van der Waals surface area (Å²) < 4.78 is 8.37. The van der Waals surface area contributed by atoms with Gasteiger partial charge in [0.25, 0.3) is 11.8 Å². The minimum Gasteiger partial charge on any atom is -0.299 e. The Morgan fingerprint density at radius 2 is 1.65 bits per heavy atom. The molecule has 2 amide bonds. The van der Waals surface area contributed by atoms with Crippen LogP contribution >= 0.6 is 0 Å². The zero-order valence-electron chi connectivity index (χ0n) is 11.7. The highest BCUT2D eigenvalue weighted by molar-refractivity contribution is 6.23. The van der Waals surface area contributed by atoms with Crippen molar-refractivity contribution < 1.29 is 20.5 Å². The number of rotatable bonds is 1. The molecule has 3 rings (SSSR count). The number of hydrogen-bond donors (Lipinski definition) is 0. The lowest BCUT2D eigenvalue weighted by Crippen LogP contribution is -2.44. The second kappa shape index (κ2) is 4.67. The van der Waals surface area contributed by atoms with Gasteiger partial charge < -0.3 is 0 Å². The van der Waals surface area contributed by atoms with Crippen LogP contribution in [0.1, 0.15) is 47.8 Å². The van der Waals surface area contributed by atoms with Gasteiger partial charge in [0, 0.05) is 6.42 Å². The van der Waals surface area contributed by atoms with Crippen molar-refractivity contribution in [1.82, 2.24) is 4.90 Å². The Balaban J connectivity index is 2.05. The minimum absolute atomic E-state index is 0.00302. The summed E-state index contributed by atoms with van der Waals surface area (Å²) in [5.41, 5.74) is 0.412. The van der Waals surface area contributed by atoms with Crippen LogP contribution in [0.5, 0.6) is 0 Å². The van der Waals surface area contributed by atoms with E-state index in [4.69, 9.17) is 1.37 Å². The van der Waals surface area contributed by atoms with Crippen molar-refractivity contribution in [2.24, 2.45) is 0 Å². The number of hydrogen-bond acceptors (Lipinski definition) is 4. The molecular formula is C15H13NO4. The summed E-state index contributed by atoms with van der Waals surface area (Å²) in [6.07, 6.45) is 0.136. The van der Waals surface area contributed by atoms with E-state index in [1.165, 1.54) is 12.1 Å². The molecule has 1 heterocycles. The molecule has 1 aromatic rings. The van der Waals surface area contributed by atoms with Crippen molar-refractivity contribution in [3.8, 4) is 0 Å². The fourth-order valence-corrected chi connectivity index (χ4v) is 2.63. The molecule has 1 fully saturated rings. The molecule has 0 aromatic heterocycles. The normalized spacial score (nSPS) is 27.4. The summed E-state index contributed by atoms with van der Waals surface area (Å²) >= 11 is 0. The number of imide groups is 1. The summed E-state index contributed by atoms with van der Waals surface area (Å²) in [7, 11) is 0. The summed E-state index contributed by atoms with van der Waals surface area (Å²) in [6, 6.07) is 4.29. The Kier molecular flexibility index (Phi) is 2.69. The predicted octanol–water partition coefficient (Wildman–Crippen LogP) is 1.36. The van der Waals surface area contributed by atoms with Gasteiger partial charge in [-0.2, -0.15) is 0 Å². The average molecular weight is 272 g/mol. The molecule has 0 saturated heterocycles. The van der Waals surface area contributed by atoms with E-state index in [0.717, 1.165) is 4.90 Å². The Hall–Kier alpha value is -2.30. The fraction of sp³-hybridized carbons (Fsp3) is 0.333. The van der Waals surface area contributed by atoms with Gasteiger partial charge in [0.1, 0.15) is 5.78 Å². The molecule has 0 N–H and O–H groups in total. The number of ketones is 2. The zero-order valence-corrected chi connectivity index (χ0v) is 10.7. The van der Waals surface area contributed by atoms with Gasteiger partial charge >= 0.3 is 0 Å². The van der Waals surface area contributed by atoms with Gasteiger partial charge in [0.05, 0.1) is 24.9 Å². The highest BCUT2D eigenvalue weighted by Gasteiger charge is 2.43. The number of Topliss-reactive ketones (excluding diaryl/α,β-unsaturated/α-hetero) is 2. The van der Waals surface area contributed by atoms with Gasteiger partial charge in [0.15, 0.2) is 5.78 Å². The topological polar surface area (TPSA) is 71.5 Å². The highest BCUT2D eigenvalue weighted by atomic mass is 16.2. The first-order chi connectivity index (χ1) is 9.95. The standard InChI is InChI=1S/C15H13NO4/c17-9-4-3-7-12(13(18)8-9)16-14(19)10-5-1-2-6-11(10)15(16)20/h1-2,5-6,12H,3-4,7-8H2/t12-/m1/s1/i12D. The third kappa shape index (κ3) is 1.86. The van der Waals surface area contributed by atoms with Crippen LogP contribution in [0, 0.1) is 0 Å². The van der Waals surface area contributed by atoms with E-state index < -0.39 is 30.0 Å². The van der Waals surface area contributed by atoms with Gasteiger partial charge in [-0.3, -0.25) is 24.1 Å². The number of fused-ring (bicyclic) bond motifs is 1. The maximum Gasteiger partial charge on any atom is 0.262 e. The zero-order chi connectivity index (χ0) is 15.2. The molecule has 2 aliphatic rings. The van der Waals surface area contributed by atoms with Gasteiger partial charge in [-0.1, -0.05) is 12.1 Å². The Bertz CT molecular complexity index is 649. The van der Waals surface area contributed by atoms with Crippen LogP contribution in [-0.2, 0) is 9.59 Å². The fourth-order valence-electron chi connectivity index (χ4n) is 2.63. The van der Waals surface area contributed by atoms with Crippen molar-refractivity contribution in [1.29, 1.82) is 0 Å². The molecule has 5 heteroatoms. The number of nitrogens with zero attached hydrogens (tertiary/aromatic N) is 1. The molecular weight excluding hydrogens is 258 g/mol. The minimum atomic E-state index is -1.97. The van der Waals surface area contributed by atoms with Gasteiger partial charge in [-0.25, -0.2) is 0 Å². The van der Waals surface area contributed by atoms with Crippen molar-refractivity contribution >= 4 is 23.4 Å². The third-order valence-electron chi connectivity index (χ3n) is 3.61. The molecule has 1 aliphatic carbocycles. The lowest BCUT2D eigenvalue weighted by molar-refractivity contribution is -0.128. The van der Waals surface area contributed by atoms with Crippen molar-refractivity contribution in [3.63, 3.8) is 0 Å². The van der Waals surface area contributed by atoms with E-state index in [9.17, 15) is 19.2 Å². The van der Waals surface area contributed by atoms with Crippen LogP contribution in [0.2, 0.25) is 0 Å². The van der Waals surface area contributed by atoms with E-state index in [1.807, 2.05) is 0 Å². The number of carbonyl (C=O) groups excluding carboxylic acids is 4. The van der Waals surface area contributed by atoms with Gasteiger partial charge in [-0.05, 0) is 25.0 Å². The number of carbonyl (C=O) groups is 4. The number of amides is 2. The summed E-state index contributed by atoms with van der Waals surface area (Å²) in [5, 5.41) is 0. The van der Waals surface area contributed by atoms with Gasteiger partial charge in [-0.15, -0.1) is 0 Å². The molecule has 0 bridgehead atoms. The Morgan fingerprint density at radius 3 is 2.25 bits per heavy atom. The first kappa shape index (κ1) is 11.5. The second-order valence-corrected chi connectivity index (χ2v) is 4.93. The molecule has 102 valence electrons. The SMILES string of the molecule is [2H][C@@]1(N2C(=O)c3ccccc3C2=O)CCCC(=O)CC1=O. The first-order valence-corrected chi connectivity index (χ1v) is 6.48. The summed E-state index contributed by atoms with van der Waals surface area (Å²) in [6.45, 7) is 0. The maximum atomic E-state index is 12.4. The lowest BCUT2D eigenvalue weighted by atomic mass is 10.1. The second-order valence-electron chi connectivity index (χ2n) is 4.93. The van der Waals surface area contributed by atoms with Crippen LogP contribution < -0.4 is 0 Å². The maximum absolute atomic E-state index is 12.4. The van der Waals surface area contributed by atoms with Crippen LogP contribution in [0.3, 0.4) is 0 Å². The molecule has 0 unspecified atom stereocenters. The molecule has 0 radical (unpaired) electrons. The monoisotopic (exact) mass is 272 g/mol.